The molecular weight excluding hydrogens is 192 g/mol. The molecule has 2 N–H and O–H groups in total. The summed E-state index contributed by atoms with van der Waals surface area (Å²) in [6.45, 7) is 5.77. The minimum Gasteiger partial charge on any atom is -0.469 e. The van der Waals surface area contributed by atoms with Gasteiger partial charge in [0, 0.05) is 13.1 Å². The Hall–Kier alpha value is -1.29. The van der Waals surface area contributed by atoms with Gasteiger partial charge < -0.3 is 15.1 Å². The highest BCUT2D eigenvalue weighted by molar-refractivity contribution is 5.95. The van der Waals surface area contributed by atoms with Crippen LogP contribution in [-0.2, 0) is 0 Å². The van der Waals surface area contributed by atoms with Gasteiger partial charge >= 0.3 is 0 Å². The maximum Gasteiger partial charge on any atom is 0.257 e. The maximum atomic E-state index is 12.0. The van der Waals surface area contributed by atoms with Crippen LogP contribution in [-0.4, -0.2) is 30.4 Å². The van der Waals surface area contributed by atoms with Crippen molar-refractivity contribution in [1.82, 2.24) is 4.90 Å². The minimum atomic E-state index is 0.0252. The second-order valence-electron chi connectivity index (χ2n) is 3.42. The molecule has 0 unspecified atom stereocenters. The van der Waals surface area contributed by atoms with Crippen LogP contribution in [0.25, 0.3) is 0 Å². The van der Waals surface area contributed by atoms with Crippen molar-refractivity contribution in [3.05, 3.63) is 23.7 Å². The molecule has 1 heterocycles. The van der Waals surface area contributed by atoms with E-state index in [0.29, 0.717) is 31.0 Å². The van der Waals surface area contributed by atoms with Gasteiger partial charge in [0.2, 0.25) is 0 Å². The number of rotatable bonds is 5. The number of carbonyl (C=O) groups is 1. The molecule has 1 amide bonds. The highest BCUT2D eigenvalue weighted by Crippen LogP contribution is 2.12. The molecule has 0 aromatic carbocycles. The van der Waals surface area contributed by atoms with Gasteiger partial charge in [-0.3, -0.25) is 4.79 Å². The zero-order valence-electron chi connectivity index (χ0n) is 9.32. The first kappa shape index (κ1) is 11.8. The average molecular weight is 210 g/mol. The average Bonchev–Trinajstić information content (AvgIpc) is 2.65. The maximum absolute atomic E-state index is 12.0. The molecule has 0 aliphatic carbocycles. The Bertz CT molecular complexity index is 320. The Balaban J connectivity index is 2.69. The third-order valence-electron chi connectivity index (χ3n) is 2.39. The summed E-state index contributed by atoms with van der Waals surface area (Å²) in [6, 6.07) is 1.71. The molecule has 0 atom stereocenters. The Morgan fingerprint density at radius 3 is 2.80 bits per heavy atom. The van der Waals surface area contributed by atoms with Crippen molar-refractivity contribution < 1.29 is 9.21 Å². The van der Waals surface area contributed by atoms with E-state index in [1.54, 1.807) is 24.2 Å². The molecule has 0 radical (unpaired) electrons. The Labute approximate surface area is 90.0 Å². The summed E-state index contributed by atoms with van der Waals surface area (Å²) in [5.74, 6) is 0.698. The smallest absolute Gasteiger partial charge is 0.257 e. The molecule has 1 aromatic rings. The van der Waals surface area contributed by atoms with E-state index in [1.165, 1.54) is 0 Å². The SMILES string of the molecule is CCN(CCCN)C(=O)c1ccoc1C. The summed E-state index contributed by atoms with van der Waals surface area (Å²) in [6.07, 6.45) is 2.37. The Kier molecular flexibility index (Phi) is 4.37. The number of nitrogens with zero attached hydrogens (tertiary/aromatic N) is 1. The summed E-state index contributed by atoms with van der Waals surface area (Å²) in [5.41, 5.74) is 6.07. The van der Waals surface area contributed by atoms with E-state index < -0.39 is 0 Å². The van der Waals surface area contributed by atoms with E-state index in [1.807, 2.05) is 6.92 Å². The topological polar surface area (TPSA) is 59.5 Å². The molecule has 0 saturated carbocycles. The fraction of sp³-hybridized carbons (Fsp3) is 0.545. The van der Waals surface area contributed by atoms with Gasteiger partial charge in [0.1, 0.15) is 5.76 Å². The predicted octanol–water partition coefficient (Wildman–Crippen LogP) is 1.40. The molecule has 84 valence electrons. The first-order valence-corrected chi connectivity index (χ1v) is 5.24. The van der Waals surface area contributed by atoms with Crippen molar-refractivity contribution in [2.75, 3.05) is 19.6 Å². The van der Waals surface area contributed by atoms with Crippen molar-refractivity contribution in [3.63, 3.8) is 0 Å². The van der Waals surface area contributed by atoms with Crippen LogP contribution in [0.1, 0.15) is 29.5 Å². The van der Waals surface area contributed by atoms with Crippen LogP contribution in [0.3, 0.4) is 0 Å². The van der Waals surface area contributed by atoms with Gasteiger partial charge in [-0.1, -0.05) is 0 Å². The fourth-order valence-electron chi connectivity index (χ4n) is 1.46. The minimum absolute atomic E-state index is 0.0252. The van der Waals surface area contributed by atoms with E-state index in [-0.39, 0.29) is 5.91 Å². The van der Waals surface area contributed by atoms with E-state index in [4.69, 9.17) is 10.2 Å². The number of nitrogens with two attached hydrogens (primary N) is 1. The van der Waals surface area contributed by atoms with Gasteiger partial charge in [-0.15, -0.1) is 0 Å². The van der Waals surface area contributed by atoms with Crippen molar-refractivity contribution in [2.45, 2.75) is 20.3 Å². The van der Waals surface area contributed by atoms with Crippen LogP contribution in [0.5, 0.6) is 0 Å². The summed E-state index contributed by atoms with van der Waals surface area (Å²) in [7, 11) is 0. The summed E-state index contributed by atoms with van der Waals surface area (Å²) in [5, 5.41) is 0. The van der Waals surface area contributed by atoms with Crippen molar-refractivity contribution in [2.24, 2.45) is 5.73 Å². The van der Waals surface area contributed by atoms with Gasteiger partial charge in [0.25, 0.3) is 5.91 Å². The van der Waals surface area contributed by atoms with E-state index in [9.17, 15) is 4.79 Å². The van der Waals surface area contributed by atoms with Gasteiger partial charge in [-0.25, -0.2) is 0 Å². The largest absolute Gasteiger partial charge is 0.469 e. The normalized spacial score (nSPS) is 10.3. The number of amides is 1. The molecule has 0 spiro atoms. The number of furan rings is 1. The summed E-state index contributed by atoms with van der Waals surface area (Å²) < 4.78 is 5.11. The van der Waals surface area contributed by atoms with Crippen LogP contribution < -0.4 is 5.73 Å². The molecular formula is C11H18N2O2. The predicted molar refractivity (Wildman–Crippen MR) is 58.7 cm³/mol. The second-order valence-corrected chi connectivity index (χ2v) is 3.42. The van der Waals surface area contributed by atoms with Crippen LogP contribution in [0, 0.1) is 6.92 Å². The quantitative estimate of drug-likeness (QED) is 0.799. The van der Waals surface area contributed by atoms with E-state index in [2.05, 4.69) is 0 Å². The third-order valence-corrected chi connectivity index (χ3v) is 2.39. The molecule has 0 bridgehead atoms. The highest BCUT2D eigenvalue weighted by Gasteiger charge is 2.17. The van der Waals surface area contributed by atoms with Crippen molar-refractivity contribution in [1.29, 1.82) is 0 Å². The zero-order chi connectivity index (χ0) is 11.3. The molecule has 4 nitrogen and oxygen atoms in total. The third kappa shape index (κ3) is 2.83. The number of hydrogen-bond donors (Lipinski definition) is 1. The summed E-state index contributed by atoms with van der Waals surface area (Å²) in [4.78, 5) is 13.8. The second kappa shape index (κ2) is 5.56. The Morgan fingerprint density at radius 2 is 2.33 bits per heavy atom. The van der Waals surface area contributed by atoms with E-state index >= 15 is 0 Å². The molecule has 0 saturated heterocycles. The molecule has 4 heteroatoms. The number of aryl methyl sites for hydroxylation is 1. The number of carbonyl (C=O) groups excluding carboxylic acids is 1. The van der Waals surface area contributed by atoms with Crippen LogP contribution in [0.4, 0.5) is 0 Å². The van der Waals surface area contributed by atoms with E-state index in [0.717, 1.165) is 6.42 Å². The molecule has 0 aliphatic rings. The number of hydrogen-bond acceptors (Lipinski definition) is 3. The molecule has 15 heavy (non-hydrogen) atoms. The summed E-state index contributed by atoms with van der Waals surface area (Å²) >= 11 is 0. The van der Waals surface area contributed by atoms with Gasteiger partial charge in [-0.05, 0) is 32.9 Å². The fourth-order valence-corrected chi connectivity index (χ4v) is 1.46. The van der Waals surface area contributed by atoms with Crippen molar-refractivity contribution in [3.8, 4) is 0 Å². The van der Waals surface area contributed by atoms with Gasteiger partial charge in [-0.2, -0.15) is 0 Å². The lowest BCUT2D eigenvalue weighted by molar-refractivity contribution is 0.0762. The molecule has 1 rings (SSSR count). The highest BCUT2D eigenvalue weighted by atomic mass is 16.3. The first-order valence-electron chi connectivity index (χ1n) is 5.24. The van der Waals surface area contributed by atoms with Crippen molar-refractivity contribution >= 4 is 5.91 Å². The lowest BCUT2D eigenvalue weighted by Gasteiger charge is -2.19. The molecule has 0 aliphatic heterocycles. The van der Waals surface area contributed by atoms with Crippen LogP contribution >= 0.6 is 0 Å². The molecule has 0 fully saturated rings. The lowest BCUT2D eigenvalue weighted by Crippen LogP contribution is -2.32. The standard InChI is InChI=1S/C11H18N2O2/c1-3-13(7-4-6-12)11(14)10-5-8-15-9(10)2/h5,8H,3-4,6-7,12H2,1-2H3. The van der Waals surface area contributed by atoms with Gasteiger partial charge in [0.05, 0.1) is 11.8 Å². The van der Waals surface area contributed by atoms with Crippen LogP contribution in [0.2, 0.25) is 0 Å². The van der Waals surface area contributed by atoms with Crippen LogP contribution in [0.15, 0.2) is 16.7 Å². The zero-order valence-corrected chi connectivity index (χ0v) is 9.32. The Morgan fingerprint density at radius 1 is 1.60 bits per heavy atom. The van der Waals surface area contributed by atoms with Gasteiger partial charge in [0.15, 0.2) is 0 Å². The lowest BCUT2D eigenvalue weighted by atomic mass is 10.2. The first-order chi connectivity index (χ1) is 7.20. The molecule has 1 aromatic heterocycles. The monoisotopic (exact) mass is 210 g/mol.